The van der Waals surface area contributed by atoms with E-state index in [2.05, 4.69) is 15.4 Å². The average molecular weight is 360 g/mol. The van der Waals surface area contributed by atoms with E-state index >= 15 is 0 Å². The zero-order chi connectivity index (χ0) is 18.7. The smallest absolute Gasteiger partial charge is 0.311 e. The summed E-state index contributed by atoms with van der Waals surface area (Å²) in [5.41, 5.74) is 0.385. The first-order chi connectivity index (χ1) is 12.4. The van der Waals surface area contributed by atoms with Crippen molar-refractivity contribution < 1.29 is 14.5 Å². The van der Waals surface area contributed by atoms with Gasteiger partial charge in [-0.15, -0.1) is 0 Å². The Hall–Kier alpha value is -3.01. The van der Waals surface area contributed by atoms with Crippen molar-refractivity contribution in [3.8, 4) is 0 Å². The minimum absolute atomic E-state index is 0.00209. The lowest BCUT2D eigenvalue weighted by atomic mass is 10.2. The van der Waals surface area contributed by atoms with Crippen LogP contribution in [0.1, 0.15) is 13.8 Å². The molecule has 0 saturated carbocycles. The standard InChI is InChI=1S/C16H20N6O4/c1-11-7-20(8-12(2)26-11)15(23)10-21-9-13(6-18-21)19-16-14(22(24)25)4-3-5-17-16/h3-6,9,11-12H,7-8,10H2,1-2H3,(H,17,19). The van der Waals surface area contributed by atoms with Gasteiger partial charge in [0.2, 0.25) is 11.7 Å². The Kier molecular flexibility index (Phi) is 5.12. The van der Waals surface area contributed by atoms with Gasteiger partial charge in [0.05, 0.1) is 29.0 Å². The average Bonchev–Trinajstić information content (AvgIpc) is 3.01. The van der Waals surface area contributed by atoms with Gasteiger partial charge < -0.3 is 15.0 Å². The van der Waals surface area contributed by atoms with E-state index in [1.165, 1.54) is 29.2 Å². The Morgan fingerprint density at radius 1 is 1.42 bits per heavy atom. The third kappa shape index (κ3) is 4.14. The predicted octanol–water partition coefficient (Wildman–Crippen LogP) is 1.57. The lowest BCUT2D eigenvalue weighted by molar-refractivity contribution is -0.384. The van der Waals surface area contributed by atoms with Crippen LogP contribution < -0.4 is 5.32 Å². The number of hydrogen-bond donors (Lipinski definition) is 1. The van der Waals surface area contributed by atoms with Crippen LogP contribution in [0.4, 0.5) is 17.2 Å². The molecule has 0 bridgehead atoms. The Morgan fingerprint density at radius 2 is 2.15 bits per heavy atom. The molecule has 1 aliphatic rings. The molecule has 0 aliphatic carbocycles. The highest BCUT2D eigenvalue weighted by molar-refractivity contribution is 5.76. The zero-order valence-corrected chi connectivity index (χ0v) is 14.5. The van der Waals surface area contributed by atoms with E-state index in [0.717, 1.165) is 0 Å². The molecule has 0 spiro atoms. The summed E-state index contributed by atoms with van der Waals surface area (Å²) in [7, 11) is 0. The van der Waals surface area contributed by atoms with Crippen LogP contribution in [0.2, 0.25) is 0 Å². The number of nitro groups is 1. The van der Waals surface area contributed by atoms with Gasteiger partial charge in [0.15, 0.2) is 0 Å². The van der Waals surface area contributed by atoms with E-state index in [1.54, 1.807) is 11.1 Å². The van der Waals surface area contributed by atoms with Crippen molar-refractivity contribution in [2.45, 2.75) is 32.6 Å². The highest BCUT2D eigenvalue weighted by Crippen LogP contribution is 2.24. The van der Waals surface area contributed by atoms with Gasteiger partial charge in [-0.1, -0.05) is 0 Å². The number of anilines is 2. The van der Waals surface area contributed by atoms with Crippen molar-refractivity contribution in [3.63, 3.8) is 0 Å². The molecule has 3 rings (SSSR count). The third-order valence-electron chi connectivity index (χ3n) is 3.95. The lowest BCUT2D eigenvalue weighted by Crippen LogP contribution is -2.49. The molecule has 0 radical (unpaired) electrons. The van der Waals surface area contributed by atoms with Gasteiger partial charge in [0, 0.05) is 31.5 Å². The first-order valence-electron chi connectivity index (χ1n) is 8.24. The number of morpholine rings is 1. The van der Waals surface area contributed by atoms with Gasteiger partial charge in [-0.3, -0.25) is 19.6 Å². The van der Waals surface area contributed by atoms with E-state index in [4.69, 9.17) is 4.74 Å². The number of amides is 1. The van der Waals surface area contributed by atoms with Crippen molar-refractivity contribution in [2.24, 2.45) is 0 Å². The molecule has 2 atom stereocenters. The fraction of sp³-hybridized carbons (Fsp3) is 0.438. The molecule has 2 aromatic heterocycles. The number of carbonyl (C=O) groups excluding carboxylic acids is 1. The van der Waals surface area contributed by atoms with E-state index in [1.807, 2.05) is 13.8 Å². The topological polar surface area (TPSA) is 115 Å². The summed E-state index contributed by atoms with van der Waals surface area (Å²) in [6.07, 6.45) is 4.58. The fourth-order valence-corrected chi connectivity index (χ4v) is 2.91. The lowest BCUT2D eigenvalue weighted by Gasteiger charge is -2.35. The summed E-state index contributed by atoms with van der Waals surface area (Å²) >= 11 is 0. The van der Waals surface area contributed by atoms with Crippen LogP contribution in [0, 0.1) is 10.1 Å². The molecule has 138 valence electrons. The van der Waals surface area contributed by atoms with Crippen LogP contribution in [0.15, 0.2) is 30.7 Å². The highest BCUT2D eigenvalue weighted by Gasteiger charge is 2.26. The molecule has 1 N–H and O–H groups in total. The number of pyridine rings is 1. The van der Waals surface area contributed by atoms with Crippen molar-refractivity contribution in [1.82, 2.24) is 19.7 Å². The maximum absolute atomic E-state index is 12.5. The van der Waals surface area contributed by atoms with Crippen LogP contribution in [-0.2, 0) is 16.1 Å². The quantitative estimate of drug-likeness (QED) is 0.635. The first-order valence-corrected chi connectivity index (χ1v) is 8.24. The summed E-state index contributed by atoms with van der Waals surface area (Å²) in [5, 5.41) is 18.0. The second-order valence-electron chi connectivity index (χ2n) is 6.24. The van der Waals surface area contributed by atoms with Crippen LogP contribution in [0.25, 0.3) is 0 Å². The third-order valence-corrected chi connectivity index (χ3v) is 3.95. The highest BCUT2D eigenvalue weighted by atomic mass is 16.6. The van der Waals surface area contributed by atoms with Crippen LogP contribution in [0.3, 0.4) is 0 Å². The van der Waals surface area contributed by atoms with Gasteiger partial charge in [0.1, 0.15) is 6.54 Å². The Morgan fingerprint density at radius 3 is 2.85 bits per heavy atom. The van der Waals surface area contributed by atoms with E-state index < -0.39 is 4.92 Å². The fourth-order valence-electron chi connectivity index (χ4n) is 2.91. The number of aromatic nitrogens is 3. The summed E-state index contributed by atoms with van der Waals surface area (Å²) < 4.78 is 7.12. The van der Waals surface area contributed by atoms with E-state index in [9.17, 15) is 14.9 Å². The zero-order valence-electron chi connectivity index (χ0n) is 14.5. The normalized spacial score (nSPS) is 20.0. The van der Waals surface area contributed by atoms with Gasteiger partial charge in [0.25, 0.3) is 0 Å². The van der Waals surface area contributed by atoms with Crippen molar-refractivity contribution >= 4 is 23.1 Å². The van der Waals surface area contributed by atoms with Crippen molar-refractivity contribution in [2.75, 3.05) is 18.4 Å². The largest absolute Gasteiger partial charge is 0.372 e. The van der Waals surface area contributed by atoms with Crippen molar-refractivity contribution in [3.05, 3.63) is 40.8 Å². The Bertz CT molecular complexity index is 798. The maximum Gasteiger partial charge on any atom is 0.311 e. The molecule has 1 saturated heterocycles. The molecule has 1 fully saturated rings. The molecule has 2 unspecified atom stereocenters. The number of carbonyl (C=O) groups is 1. The van der Waals surface area contributed by atoms with Crippen molar-refractivity contribution in [1.29, 1.82) is 0 Å². The molecule has 10 heteroatoms. The molecular formula is C16H20N6O4. The molecule has 10 nitrogen and oxygen atoms in total. The van der Waals surface area contributed by atoms with E-state index in [-0.39, 0.29) is 36.2 Å². The van der Waals surface area contributed by atoms with E-state index in [0.29, 0.717) is 18.8 Å². The molecule has 26 heavy (non-hydrogen) atoms. The SMILES string of the molecule is CC1CN(C(=O)Cn2cc(Nc3ncccc3[N+](=O)[O-])cn2)CC(C)O1. The summed E-state index contributed by atoms with van der Waals surface area (Å²) in [6, 6.07) is 2.86. The number of hydrogen-bond acceptors (Lipinski definition) is 7. The number of nitrogens with zero attached hydrogens (tertiary/aromatic N) is 5. The monoisotopic (exact) mass is 360 g/mol. The summed E-state index contributed by atoms with van der Waals surface area (Å²) in [4.78, 5) is 28.7. The molecule has 0 aromatic carbocycles. The molecule has 1 amide bonds. The second-order valence-corrected chi connectivity index (χ2v) is 6.24. The number of ether oxygens (including phenoxy) is 1. The van der Waals surface area contributed by atoms with Gasteiger partial charge >= 0.3 is 5.69 Å². The van der Waals surface area contributed by atoms with Crippen LogP contribution >= 0.6 is 0 Å². The molecule has 3 heterocycles. The molecular weight excluding hydrogens is 340 g/mol. The maximum atomic E-state index is 12.5. The Labute approximate surface area is 149 Å². The number of rotatable bonds is 5. The van der Waals surface area contributed by atoms with Crippen LogP contribution in [0.5, 0.6) is 0 Å². The number of nitrogens with one attached hydrogen (secondary N) is 1. The summed E-state index contributed by atoms with van der Waals surface area (Å²) in [5.74, 6) is 0.0738. The summed E-state index contributed by atoms with van der Waals surface area (Å²) in [6.45, 7) is 5.06. The second kappa shape index (κ2) is 7.48. The Balaban J connectivity index is 1.65. The molecule has 2 aromatic rings. The van der Waals surface area contributed by atoms with Gasteiger partial charge in [-0.05, 0) is 19.9 Å². The first kappa shape index (κ1) is 17.8. The molecule has 1 aliphatic heterocycles. The van der Waals surface area contributed by atoms with Crippen LogP contribution in [-0.4, -0.2) is 55.8 Å². The minimum Gasteiger partial charge on any atom is -0.372 e. The minimum atomic E-state index is -0.510. The van der Waals surface area contributed by atoms with Gasteiger partial charge in [-0.25, -0.2) is 4.98 Å². The van der Waals surface area contributed by atoms with Gasteiger partial charge in [-0.2, -0.15) is 5.10 Å². The predicted molar refractivity (Wildman–Crippen MR) is 93.0 cm³/mol.